The number of carbonyl (C=O) groups excluding carboxylic acids is 1. The lowest BCUT2D eigenvalue weighted by molar-refractivity contribution is -0.113. The van der Waals surface area contributed by atoms with Crippen LogP contribution in [0.1, 0.15) is 11.1 Å². The minimum atomic E-state index is -0.133. The minimum absolute atomic E-state index is 0.133. The number of thioether (sulfide) groups is 1. The second-order valence-electron chi connectivity index (χ2n) is 6.54. The number of halogens is 1. The number of aromatic nitrogens is 2. The molecule has 3 aromatic carbocycles. The Bertz CT molecular complexity index is 1130. The Morgan fingerprint density at radius 3 is 2.47 bits per heavy atom. The zero-order chi connectivity index (χ0) is 20.8. The van der Waals surface area contributed by atoms with Crippen LogP contribution >= 0.6 is 23.4 Å². The molecule has 0 radical (unpaired) electrons. The summed E-state index contributed by atoms with van der Waals surface area (Å²) in [6, 6.07) is 25.1. The summed E-state index contributed by atoms with van der Waals surface area (Å²) in [5.74, 6) is 0.427. The number of hydrogen-bond donors (Lipinski definition) is 1. The Labute approximate surface area is 183 Å². The molecule has 0 saturated heterocycles. The van der Waals surface area contributed by atoms with E-state index in [-0.39, 0.29) is 11.7 Å². The van der Waals surface area contributed by atoms with E-state index in [1.165, 1.54) is 17.3 Å². The molecule has 150 valence electrons. The summed E-state index contributed by atoms with van der Waals surface area (Å²) in [7, 11) is 0. The molecule has 0 saturated carbocycles. The standard InChI is InChI=1S/C23H18ClN3O2S/c24-19-12-10-17(11-13-19)22-26-27-23(29-22)30-15-21(28)25-20-9-5-4-8-18(20)14-16-6-2-1-3-7-16/h1-13H,14-15H2,(H,25,28). The highest BCUT2D eigenvalue weighted by Crippen LogP contribution is 2.25. The Hall–Kier alpha value is -3.09. The molecule has 4 rings (SSSR count). The quantitative estimate of drug-likeness (QED) is 0.376. The second-order valence-corrected chi connectivity index (χ2v) is 7.90. The van der Waals surface area contributed by atoms with Crippen LogP contribution in [0.3, 0.4) is 0 Å². The van der Waals surface area contributed by atoms with Crippen LogP contribution in [0, 0.1) is 0 Å². The van der Waals surface area contributed by atoms with E-state index in [1.807, 2.05) is 42.5 Å². The smallest absolute Gasteiger partial charge is 0.277 e. The largest absolute Gasteiger partial charge is 0.411 e. The van der Waals surface area contributed by atoms with Crippen molar-refractivity contribution in [1.82, 2.24) is 10.2 Å². The number of anilines is 1. The molecule has 30 heavy (non-hydrogen) atoms. The van der Waals surface area contributed by atoms with E-state index in [4.69, 9.17) is 16.0 Å². The van der Waals surface area contributed by atoms with Gasteiger partial charge in [-0.05, 0) is 47.9 Å². The molecule has 5 nitrogen and oxygen atoms in total. The maximum Gasteiger partial charge on any atom is 0.277 e. The molecule has 0 spiro atoms. The van der Waals surface area contributed by atoms with E-state index in [0.717, 1.165) is 23.2 Å². The van der Waals surface area contributed by atoms with Crippen LogP contribution in [-0.2, 0) is 11.2 Å². The fraction of sp³-hybridized carbons (Fsp3) is 0.0870. The lowest BCUT2D eigenvalue weighted by Crippen LogP contribution is -2.15. The molecule has 4 aromatic rings. The van der Waals surface area contributed by atoms with Crippen LogP contribution in [0.5, 0.6) is 0 Å². The summed E-state index contributed by atoms with van der Waals surface area (Å²) in [6.07, 6.45) is 0.749. The molecule has 1 N–H and O–H groups in total. The number of benzene rings is 3. The highest BCUT2D eigenvalue weighted by molar-refractivity contribution is 7.99. The van der Waals surface area contributed by atoms with E-state index in [0.29, 0.717) is 16.1 Å². The summed E-state index contributed by atoms with van der Waals surface area (Å²) in [5.41, 5.74) is 3.83. The van der Waals surface area contributed by atoms with Crippen molar-refractivity contribution in [2.45, 2.75) is 11.6 Å². The van der Waals surface area contributed by atoms with Crippen LogP contribution in [0.15, 0.2) is 88.5 Å². The predicted octanol–water partition coefficient (Wildman–Crippen LogP) is 5.71. The average Bonchev–Trinajstić information content (AvgIpc) is 3.24. The first kappa shape index (κ1) is 20.2. The fourth-order valence-corrected chi connectivity index (χ4v) is 3.59. The molecule has 0 fully saturated rings. The van der Waals surface area contributed by atoms with E-state index in [1.54, 1.807) is 24.3 Å². The van der Waals surface area contributed by atoms with Gasteiger partial charge in [-0.3, -0.25) is 4.79 Å². The second kappa shape index (κ2) is 9.61. The molecule has 0 bridgehead atoms. The monoisotopic (exact) mass is 435 g/mol. The number of nitrogens with one attached hydrogen (secondary N) is 1. The third kappa shape index (κ3) is 5.28. The van der Waals surface area contributed by atoms with E-state index >= 15 is 0 Å². The predicted molar refractivity (Wildman–Crippen MR) is 120 cm³/mol. The van der Waals surface area contributed by atoms with Gasteiger partial charge in [0.2, 0.25) is 11.8 Å². The number of carbonyl (C=O) groups is 1. The van der Waals surface area contributed by atoms with Gasteiger partial charge in [-0.15, -0.1) is 10.2 Å². The van der Waals surface area contributed by atoms with Gasteiger partial charge in [-0.1, -0.05) is 71.9 Å². The molecule has 0 aliphatic rings. The van der Waals surface area contributed by atoms with Crippen LogP contribution < -0.4 is 5.32 Å². The maximum atomic E-state index is 12.5. The molecule has 1 heterocycles. The highest BCUT2D eigenvalue weighted by Gasteiger charge is 2.12. The minimum Gasteiger partial charge on any atom is -0.411 e. The van der Waals surface area contributed by atoms with Crippen molar-refractivity contribution < 1.29 is 9.21 Å². The molecular weight excluding hydrogens is 418 g/mol. The van der Waals surface area contributed by atoms with Crippen molar-refractivity contribution in [3.63, 3.8) is 0 Å². The van der Waals surface area contributed by atoms with Crippen LogP contribution in [0.25, 0.3) is 11.5 Å². The van der Waals surface area contributed by atoms with Crippen LogP contribution in [0.4, 0.5) is 5.69 Å². The molecule has 0 atom stereocenters. The van der Waals surface area contributed by atoms with Gasteiger partial charge in [0.1, 0.15) is 0 Å². The van der Waals surface area contributed by atoms with Crippen molar-refractivity contribution >= 4 is 35.0 Å². The number of amides is 1. The third-order valence-corrected chi connectivity index (χ3v) is 5.42. The van der Waals surface area contributed by atoms with E-state index in [9.17, 15) is 4.79 Å². The lowest BCUT2D eigenvalue weighted by atomic mass is 10.0. The van der Waals surface area contributed by atoms with Crippen molar-refractivity contribution in [3.8, 4) is 11.5 Å². The van der Waals surface area contributed by atoms with Gasteiger partial charge >= 0.3 is 0 Å². The summed E-state index contributed by atoms with van der Waals surface area (Å²) in [6.45, 7) is 0. The van der Waals surface area contributed by atoms with E-state index in [2.05, 4.69) is 27.6 Å². The third-order valence-electron chi connectivity index (χ3n) is 4.35. The van der Waals surface area contributed by atoms with Crippen molar-refractivity contribution in [3.05, 3.63) is 95.0 Å². The van der Waals surface area contributed by atoms with Crippen LogP contribution in [0.2, 0.25) is 5.02 Å². The maximum absolute atomic E-state index is 12.5. The first-order valence-corrected chi connectivity index (χ1v) is 10.7. The average molecular weight is 436 g/mol. The zero-order valence-corrected chi connectivity index (χ0v) is 17.5. The molecule has 1 aromatic heterocycles. The van der Waals surface area contributed by atoms with Crippen molar-refractivity contribution in [2.75, 3.05) is 11.1 Å². The first-order chi connectivity index (χ1) is 14.7. The summed E-state index contributed by atoms with van der Waals surface area (Å²) < 4.78 is 5.63. The van der Waals surface area contributed by atoms with Gasteiger partial charge in [0.05, 0.1) is 5.75 Å². The Morgan fingerprint density at radius 2 is 1.67 bits per heavy atom. The zero-order valence-electron chi connectivity index (χ0n) is 15.9. The van der Waals surface area contributed by atoms with Gasteiger partial charge in [0.15, 0.2) is 0 Å². The summed E-state index contributed by atoms with van der Waals surface area (Å²) >= 11 is 7.09. The Kier molecular flexibility index (Phi) is 6.47. The first-order valence-electron chi connectivity index (χ1n) is 9.31. The molecule has 7 heteroatoms. The topological polar surface area (TPSA) is 68.0 Å². The summed E-state index contributed by atoms with van der Waals surface area (Å²) in [4.78, 5) is 12.5. The van der Waals surface area contributed by atoms with Gasteiger partial charge < -0.3 is 9.73 Å². The van der Waals surface area contributed by atoms with Crippen LogP contribution in [-0.4, -0.2) is 21.9 Å². The number of para-hydroxylation sites is 1. The Morgan fingerprint density at radius 1 is 0.933 bits per heavy atom. The molecule has 0 unspecified atom stereocenters. The normalized spacial score (nSPS) is 10.7. The van der Waals surface area contributed by atoms with E-state index < -0.39 is 0 Å². The van der Waals surface area contributed by atoms with Gasteiger partial charge in [-0.25, -0.2) is 0 Å². The number of hydrogen-bond acceptors (Lipinski definition) is 5. The Balaban J connectivity index is 1.36. The van der Waals surface area contributed by atoms with Gasteiger partial charge in [-0.2, -0.15) is 0 Å². The van der Waals surface area contributed by atoms with Crippen molar-refractivity contribution in [1.29, 1.82) is 0 Å². The molecule has 0 aliphatic heterocycles. The SMILES string of the molecule is O=C(CSc1nnc(-c2ccc(Cl)cc2)o1)Nc1ccccc1Cc1ccccc1. The molecular formula is C23H18ClN3O2S. The van der Waals surface area contributed by atoms with Gasteiger partial charge in [0, 0.05) is 16.3 Å². The fourth-order valence-electron chi connectivity index (χ4n) is 2.90. The van der Waals surface area contributed by atoms with Gasteiger partial charge in [0.25, 0.3) is 5.22 Å². The molecule has 0 aliphatic carbocycles. The number of nitrogens with zero attached hydrogens (tertiary/aromatic N) is 2. The number of rotatable bonds is 7. The highest BCUT2D eigenvalue weighted by atomic mass is 35.5. The molecule has 1 amide bonds. The lowest BCUT2D eigenvalue weighted by Gasteiger charge is -2.11. The summed E-state index contributed by atoms with van der Waals surface area (Å²) in [5, 5.41) is 12.0. The van der Waals surface area contributed by atoms with Crippen molar-refractivity contribution in [2.24, 2.45) is 0 Å².